The minimum atomic E-state index is -4.20. The molecule has 1 aromatic heterocycles. The van der Waals surface area contributed by atoms with Gasteiger partial charge in [0.2, 0.25) is 0 Å². The maximum Gasteiger partial charge on any atom is 0.264 e. The Bertz CT molecular complexity index is 1710. The zero-order valence-electron chi connectivity index (χ0n) is 22.3. The molecule has 0 fully saturated rings. The van der Waals surface area contributed by atoms with Gasteiger partial charge in [0.15, 0.2) is 17.5 Å². The zero-order valence-corrected chi connectivity index (χ0v) is 24.7. The summed E-state index contributed by atoms with van der Waals surface area (Å²) in [6.07, 6.45) is -0.0782. The van der Waals surface area contributed by atoms with Gasteiger partial charge in [0.05, 0.1) is 24.7 Å². The number of halogens is 1. The second-order valence-electron chi connectivity index (χ2n) is 9.09. The van der Waals surface area contributed by atoms with Crippen LogP contribution < -0.4 is 9.47 Å². The summed E-state index contributed by atoms with van der Waals surface area (Å²) in [4.78, 5) is 13.5. The lowest BCUT2D eigenvalue weighted by Gasteiger charge is -2.15. The number of phenols is 2. The fourth-order valence-electron chi connectivity index (χ4n) is 3.90. The first-order chi connectivity index (χ1) is 20.3. The van der Waals surface area contributed by atoms with Crippen LogP contribution in [0.15, 0.2) is 60.7 Å². The molecule has 43 heavy (non-hydrogen) atoms. The van der Waals surface area contributed by atoms with Crippen LogP contribution in [0.5, 0.6) is 23.0 Å². The first-order valence-corrected chi connectivity index (χ1v) is 16.2. The van der Waals surface area contributed by atoms with E-state index >= 15 is 0 Å². The average Bonchev–Trinajstić information content (AvgIpc) is 2.92. The lowest BCUT2D eigenvalue weighted by Crippen LogP contribution is -2.10. The maximum absolute atomic E-state index is 11.1. The van der Waals surface area contributed by atoms with Gasteiger partial charge in [-0.25, -0.2) is 15.0 Å². The van der Waals surface area contributed by atoms with Crippen LogP contribution in [0.3, 0.4) is 0 Å². The van der Waals surface area contributed by atoms with Crippen LogP contribution >= 0.6 is 11.6 Å². The molecule has 228 valence electrons. The summed E-state index contributed by atoms with van der Waals surface area (Å²) in [5.41, 5.74) is 0.588. The molecule has 0 unspecified atom stereocenters. The number of nitrogens with zero attached hydrogens (tertiary/aromatic N) is 3. The number of aromatic nitrogens is 3. The Balaban J connectivity index is 1.81. The van der Waals surface area contributed by atoms with Gasteiger partial charge in [-0.2, -0.15) is 16.8 Å². The third kappa shape index (κ3) is 8.98. The lowest BCUT2D eigenvalue weighted by molar-refractivity contribution is 0.315. The Morgan fingerprint density at radius 1 is 0.628 bits per heavy atom. The van der Waals surface area contributed by atoms with Crippen LogP contribution in [-0.2, 0) is 20.2 Å². The van der Waals surface area contributed by atoms with Crippen LogP contribution in [0.1, 0.15) is 12.8 Å². The van der Waals surface area contributed by atoms with Gasteiger partial charge in [-0.3, -0.25) is 9.11 Å². The minimum absolute atomic E-state index is 0.0391. The van der Waals surface area contributed by atoms with E-state index < -0.39 is 31.7 Å². The summed E-state index contributed by atoms with van der Waals surface area (Å²) in [7, 11) is -8.40. The van der Waals surface area contributed by atoms with Crippen molar-refractivity contribution in [1.82, 2.24) is 15.0 Å². The van der Waals surface area contributed by atoms with Gasteiger partial charge in [0.1, 0.15) is 34.1 Å². The third-order valence-corrected chi connectivity index (χ3v) is 7.66. The highest BCUT2D eigenvalue weighted by atomic mass is 35.5. The number of hydrogen-bond donors (Lipinski definition) is 4. The molecule has 4 N–H and O–H groups in total. The predicted molar refractivity (Wildman–Crippen MR) is 158 cm³/mol. The number of ether oxygens (including phenoxy) is 2. The highest BCUT2D eigenvalue weighted by molar-refractivity contribution is 7.86. The molecular weight excluding hydrogens is 626 g/mol. The van der Waals surface area contributed by atoms with Gasteiger partial charge in [-0.05, 0) is 61.4 Å². The molecule has 3 aromatic carbocycles. The standard InChI is InChI=1S/C27H26ClN3O10S2/c28-18-11-9-17(10-12-18)25-29-26(23-19(32)5-1-7-21(23)40-13-3-15-42(34,35)36)31-27(30-25)24-20(33)6-2-8-22(24)41-14-4-16-43(37,38)39/h1-2,5-12,32-33H,3-4,13-16H2,(H,34,35,36)(H,37,38,39). The Kier molecular flexibility index (Phi) is 10.0. The summed E-state index contributed by atoms with van der Waals surface area (Å²) in [5.74, 6) is -1.41. The van der Waals surface area contributed by atoms with Crippen molar-refractivity contribution in [3.05, 3.63) is 65.7 Å². The molecule has 0 bridgehead atoms. The Morgan fingerprint density at radius 2 is 1.05 bits per heavy atom. The molecule has 0 aliphatic carbocycles. The quantitative estimate of drug-likeness (QED) is 0.118. The van der Waals surface area contributed by atoms with Gasteiger partial charge in [-0.15, -0.1) is 0 Å². The topological polar surface area (TPSA) is 206 Å². The van der Waals surface area contributed by atoms with E-state index in [2.05, 4.69) is 15.0 Å². The van der Waals surface area contributed by atoms with Crippen molar-refractivity contribution in [3.8, 4) is 57.2 Å². The van der Waals surface area contributed by atoms with Crippen molar-refractivity contribution >= 4 is 31.8 Å². The molecule has 4 rings (SSSR count). The van der Waals surface area contributed by atoms with E-state index in [0.29, 0.717) is 10.6 Å². The Labute approximate surface area is 252 Å². The van der Waals surface area contributed by atoms with Crippen molar-refractivity contribution in [1.29, 1.82) is 0 Å². The average molecular weight is 652 g/mol. The van der Waals surface area contributed by atoms with E-state index in [0.717, 1.165) is 0 Å². The molecule has 0 spiro atoms. The lowest BCUT2D eigenvalue weighted by atomic mass is 10.1. The molecule has 13 nitrogen and oxygen atoms in total. The third-order valence-electron chi connectivity index (χ3n) is 5.80. The van der Waals surface area contributed by atoms with Gasteiger partial charge < -0.3 is 19.7 Å². The summed E-state index contributed by atoms with van der Waals surface area (Å²) >= 11 is 6.05. The molecule has 0 amide bonds. The second kappa shape index (κ2) is 13.5. The Morgan fingerprint density at radius 3 is 1.47 bits per heavy atom. The van der Waals surface area contributed by atoms with Crippen LogP contribution in [0, 0.1) is 0 Å². The predicted octanol–water partition coefficient (Wildman–Crippen LogP) is 4.25. The van der Waals surface area contributed by atoms with E-state index in [9.17, 15) is 27.0 Å². The van der Waals surface area contributed by atoms with Gasteiger partial charge in [-0.1, -0.05) is 23.7 Å². The van der Waals surface area contributed by atoms with Crippen LogP contribution in [-0.4, -0.2) is 75.8 Å². The van der Waals surface area contributed by atoms with E-state index in [4.69, 9.17) is 30.2 Å². The molecular formula is C27H26ClN3O10S2. The van der Waals surface area contributed by atoms with Gasteiger partial charge >= 0.3 is 0 Å². The number of rotatable bonds is 13. The molecule has 0 aliphatic rings. The number of aromatic hydroxyl groups is 2. The smallest absolute Gasteiger partial charge is 0.264 e. The number of phenolic OH excluding ortho intramolecular Hbond substituents is 2. The van der Waals surface area contributed by atoms with Crippen molar-refractivity contribution in [3.63, 3.8) is 0 Å². The highest BCUT2D eigenvalue weighted by Crippen LogP contribution is 2.40. The number of benzene rings is 3. The van der Waals surface area contributed by atoms with Crippen molar-refractivity contribution in [2.45, 2.75) is 12.8 Å². The summed E-state index contributed by atoms with van der Waals surface area (Å²) in [6.45, 7) is -0.251. The first-order valence-electron chi connectivity index (χ1n) is 12.6. The van der Waals surface area contributed by atoms with Crippen LogP contribution in [0.2, 0.25) is 5.02 Å². The molecule has 0 saturated heterocycles. The monoisotopic (exact) mass is 651 g/mol. The van der Waals surface area contributed by atoms with E-state index in [1.165, 1.54) is 36.4 Å². The normalized spacial score (nSPS) is 11.8. The summed E-state index contributed by atoms with van der Waals surface area (Å²) in [6, 6.07) is 15.3. The fraction of sp³-hybridized carbons (Fsp3) is 0.222. The zero-order chi connectivity index (χ0) is 31.2. The van der Waals surface area contributed by atoms with Crippen molar-refractivity contribution in [2.75, 3.05) is 24.7 Å². The minimum Gasteiger partial charge on any atom is -0.507 e. The summed E-state index contributed by atoms with van der Waals surface area (Å²) < 4.78 is 73.8. The van der Waals surface area contributed by atoms with Crippen LogP contribution in [0.25, 0.3) is 34.2 Å². The largest absolute Gasteiger partial charge is 0.507 e. The Hall–Kier alpha value is -4.02. The van der Waals surface area contributed by atoms with E-state index in [-0.39, 0.29) is 77.7 Å². The van der Waals surface area contributed by atoms with Gasteiger partial charge in [0, 0.05) is 10.6 Å². The SMILES string of the molecule is O=S(=O)(O)CCCOc1cccc(O)c1-c1nc(-c2ccc(Cl)cc2)nc(-c2c(O)cccc2OCCCS(=O)(=O)O)n1. The van der Waals surface area contributed by atoms with E-state index in [1.54, 1.807) is 24.3 Å². The fourth-order valence-corrected chi connectivity index (χ4v) is 4.99. The summed E-state index contributed by atoms with van der Waals surface area (Å²) in [5, 5.41) is 22.1. The molecule has 0 saturated carbocycles. The van der Waals surface area contributed by atoms with E-state index in [1.807, 2.05) is 0 Å². The first kappa shape index (κ1) is 31.9. The molecule has 0 radical (unpaired) electrons. The molecule has 0 atom stereocenters. The van der Waals surface area contributed by atoms with Crippen molar-refractivity contribution in [2.24, 2.45) is 0 Å². The van der Waals surface area contributed by atoms with Crippen LogP contribution in [0.4, 0.5) is 0 Å². The number of hydrogen-bond acceptors (Lipinski definition) is 11. The van der Waals surface area contributed by atoms with Crippen molar-refractivity contribution < 1.29 is 45.6 Å². The molecule has 16 heteroatoms. The van der Waals surface area contributed by atoms with Gasteiger partial charge in [0.25, 0.3) is 20.2 Å². The molecule has 1 heterocycles. The highest BCUT2D eigenvalue weighted by Gasteiger charge is 2.22. The molecule has 4 aromatic rings. The molecule has 0 aliphatic heterocycles. The second-order valence-corrected chi connectivity index (χ2v) is 12.7. The maximum atomic E-state index is 11.1.